The van der Waals surface area contributed by atoms with Gasteiger partial charge in [0.05, 0.1) is 19.1 Å². The van der Waals surface area contributed by atoms with Crippen molar-refractivity contribution in [1.29, 1.82) is 0 Å². The summed E-state index contributed by atoms with van der Waals surface area (Å²) in [6, 6.07) is 21.4. The van der Waals surface area contributed by atoms with Crippen LogP contribution in [-0.2, 0) is 11.2 Å². The zero-order valence-corrected chi connectivity index (χ0v) is 15.8. The molecule has 5 nitrogen and oxygen atoms in total. The number of ether oxygens (including phenoxy) is 3. The Morgan fingerprint density at radius 1 is 0.966 bits per heavy atom. The minimum atomic E-state index is -0.382. The lowest BCUT2D eigenvalue weighted by atomic mass is 10.1. The van der Waals surface area contributed by atoms with Crippen LogP contribution in [0.4, 0.5) is 0 Å². The summed E-state index contributed by atoms with van der Waals surface area (Å²) in [5, 5.41) is 0. The molecule has 144 valence electrons. The molecular formula is C24H18O5. The molecule has 0 unspecified atom stereocenters. The maximum atomic E-state index is 12.6. The van der Waals surface area contributed by atoms with Crippen LogP contribution in [0.15, 0.2) is 78.6 Å². The SMILES string of the molecule is COc1cccc(/C=C2\Oc3cc(OC(=O)Cc4ccccc4)ccc3C2=O)c1. The van der Waals surface area contributed by atoms with Gasteiger partial charge in [-0.1, -0.05) is 42.5 Å². The highest BCUT2D eigenvalue weighted by atomic mass is 16.5. The molecule has 0 amide bonds. The quantitative estimate of drug-likeness (QED) is 0.368. The van der Waals surface area contributed by atoms with Crippen molar-refractivity contribution in [1.82, 2.24) is 0 Å². The van der Waals surface area contributed by atoms with Crippen molar-refractivity contribution in [2.45, 2.75) is 6.42 Å². The average molecular weight is 386 g/mol. The Morgan fingerprint density at radius 2 is 1.79 bits per heavy atom. The number of rotatable bonds is 5. The van der Waals surface area contributed by atoms with Crippen LogP contribution in [0.2, 0.25) is 0 Å². The molecule has 1 heterocycles. The van der Waals surface area contributed by atoms with E-state index in [1.165, 1.54) is 0 Å². The highest BCUT2D eigenvalue weighted by Gasteiger charge is 2.28. The Bertz CT molecular complexity index is 1100. The number of Topliss-reactive ketones (excluding diaryl/α,β-unsaturated/α-hetero) is 1. The van der Waals surface area contributed by atoms with E-state index < -0.39 is 0 Å². The van der Waals surface area contributed by atoms with Gasteiger partial charge < -0.3 is 14.2 Å². The predicted molar refractivity (Wildman–Crippen MR) is 108 cm³/mol. The first-order chi connectivity index (χ1) is 14.1. The molecule has 0 fully saturated rings. The number of hydrogen-bond donors (Lipinski definition) is 0. The second kappa shape index (κ2) is 8.02. The summed E-state index contributed by atoms with van der Waals surface area (Å²) in [4.78, 5) is 24.8. The third-order valence-corrected chi connectivity index (χ3v) is 4.46. The molecule has 5 heteroatoms. The number of ketones is 1. The van der Waals surface area contributed by atoms with Crippen LogP contribution in [0.25, 0.3) is 6.08 Å². The molecule has 0 bridgehead atoms. The minimum Gasteiger partial charge on any atom is -0.497 e. The molecular weight excluding hydrogens is 368 g/mol. The normalized spacial score (nSPS) is 13.7. The number of allylic oxidation sites excluding steroid dienone is 1. The number of carbonyl (C=O) groups excluding carboxylic acids is 2. The molecule has 1 aliphatic rings. The van der Waals surface area contributed by atoms with Crippen LogP contribution >= 0.6 is 0 Å². The zero-order valence-electron chi connectivity index (χ0n) is 15.8. The third-order valence-electron chi connectivity index (χ3n) is 4.46. The van der Waals surface area contributed by atoms with Crippen molar-refractivity contribution < 1.29 is 23.8 Å². The van der Waals surface area contributed by atoms with E-state index in [-0.39, 0.29) is 23.9 Å². The summed E-state index contributed by atoms with van der Waals surface area (Å²) in [5.41, 5.74) is 2.09. The van der Waals surface area contributed by atoms with Gasteiger partial charge in [0.15, 0.2) is 5.76 Å². The first kappa shape index (κ1) is 18.5. The fraction of sp³-hybridized carbons (Fsp3) is 0.0833. The van der Waals surface area contributed by atoms with Gasteiger partial charge in [0, 0.05) is 6.07 Å². The van der Waals surface area contributed by atoms with Crippen LogP contribution < -0.4 is 14.2 Å². The molecule has 1 aliphatic heterocycles. The second-order valence-electron chi connectivity index (χ2n) is 6.51. The highest BCUT2D eigenvalue weighted by Crippen LogP contribution is 2.35. The Hall–Kier alpha value is -3.86. The summed E-state index contributed by atoms with van der Waals surface area (Å²) >= 11 is 0. The molecule has 0 saturated carbocycles. The maximum Gasteiger partial charge on any atom is 0.315 e. The lowest BCUT2D eigenvalue weighted by Gasteiger charge is -2.06. The summed E-state index contributed by atoms with van der Waals surface area (Å²) in [6.07, 6.45) is 1.82. The lowest BCUT2D eigenvalue weighted by molar-refractivity contribution is -0.133. The van der Waals surface area contributed by atoms with Crippen LogP contribution in [0.3, 0.4) is 0 Å². The van der Waals surface area contributed by atoms with Crippen molar-refractivity contribution in [3.05, 3.63) is 95.2 Å². The molecule has 0 aromatic heterocycles. The molecule has 0 aliphatic carbocycles. The number of fused-ring (bicyclic) bond motifs is 1. The summed E-state index contributed by atoms with van der Waals surface area (Å²) in [7, 11) is 1.58. The smallest absolute Gasteiger partial charge is 0.315 e. The monoisotopic (exact) mass is 386 g/mol. The van der Waals surface area contributed by atoms with Crippen molar-refractivity contribution in [3.63, 3.8) is 0 Å². The van der Waals surface area contributed by atoms with E-state index in [1.807, 2.05) is 54.6 Å². The molecule has 0 radical (unpaired) electrons. The highest BCUT2D eigenvalue weighted by molar-refractivity contribution is 6.14. The van der Waals surface area contributed by atoms with Crippen molar-refractivity contribution in [3.8, 4) is 17.2 Å². The van der Waals surface area contributed by atoms with Gasteiger partial charge in [0.1, 0.15) is 17.2 Å². The number of benzene rings is 3. The van der Waals surface area contributed by atoms with Gasteiger partial charge in [-0.05, 0) is 41.5 Å². The van der Waals surface area contributed by atoms with Crippen LogP contribution in [0.5, 0.6) is 17.2 Å². The van der Waals surface area contributed by atoms with E-state index in [0.717, 1.165) is 11.1 Å². The summed E-state index contributed by atoms with van der Waals surface area (Å²) in [5.74, 6) is 1.00. The van der Waals surface area contributed by atoms with E-state index in [4.69, 9.17) is 14.2 Å². The largest absolute Gasteiger partial charge is 0.497 e. The summed E-state index contributed by atoms with van der Waals surface area (Å²) < 4.78 is 16.3. The molecule has 0 saturated heterocycles. The first-order valence-corrected chi connectivity index (χ1v) is 9.09. The van der Waals surface area contributed by atoms with Gasteiger partial charge in [-0.15, -0.1) is 0 Å². The van der Waals surface area contributed by atoms with Crippen LogP contribution in [0, 0.1) is 0 Å². The Balaban J connectivity index is 1.49. The van der Waals surface area contributed by atoms with Crippen molar-refractivity contribution in [2.24, 2.45) is 0 Å². The second-order valence-corrected chi connectivity index (χ2v) is 6.51. The van der Waals surface area contributed by atoms with Crippen molar-refractivity contribution in [2.75, 3.05) is 7.11 Å². The molecule has 0 atom stereocenters. The van der Waals surface area contributed by atoms with E-state index in [1.54, 1.807) is 31.4 Å². The zero-order chi connectivity index (χ0) is 20.2. The maximum absolute atomic E-state index is 12.6. The van der Waals surface area contributed by atoms with Gasteiger partial charge >= 0.3 is 5.97 Å². The molecule has 3 aromatic carbocycles. The van der Waals surface area contributed by atoms with Crippen LogP contribution in [-0.4, -0.2) is 18.9 Å². The average Bonchev–Trinajstić information content (AvgIpc) is 3.03. The standard InChI is InChI=1S/C24H18O5/c1-27-18-9-5-8-17(12-18)13-22-24(26)20-11-10-19(15-21(20)29-22)28-23(25)14-16-6-3-2-4-7-16/h2-13,15H,14H2,1H3/b22-13-. The van der Waals surface area contributed by atoms with E-state index in [2.05, 4.69) is 0 Å². The fourth-order valence-electron chi connectivity index (χ4n) is 3.04. The molecule has 0 spiro atoms. The number of esters is 1. The Labute approximate surface area is 168 Å². The van der Waals surface area contributed by atoms with E-state index >= 15 is 0 Å². The minimum absolute atomic E-state index is 0.165. The van der Waals surface area contributed by atoms with Gasteiger partial charge in [0.25, 0.3) is 0 Å². The van der Waals surface area contributed by atoms with E-state index in [9.17, 15) is 9.59 Å². The molecule has 4 rings (SSSR count). The Morgan fingerprint density at radius 3 is 2.59 bits per heavy atom. The van der Waals surface area contributed by atoms with Gasteiger partial charge in [-0.25, -0.2) is 0 Å². The van der Waals surface area contributed by atoms with E-state index in [0.29, 0.717) is 22.8 Å². The van der Waals surface area contributed by atoms with Gasteiger partial charge in [-0.2, -0.15) is 0 Å². The molecule has 0 N–H and O–H groups in total. The first-order valence-electron chi connectivity index (χ1n) is 9.09. The lowest BCUT2D eigenvalue weighted by Crippen LogP contribution is -2.11. The summed E-state index contributed by atoms with van der Waals surface area (Å²) in [6.45, 7) is 0. The molecule has 3 aromatic rings. The number of methoxy groups -OCH3 is 1. The Kier molecular flexibility index (Phi) is 5.12. The predicted octanol–water partition coefficient (Wildman–Crippen LogP) is 4.46. The number of hydrogen-bond acceptors (Lipinski definition) is 5. The third kappa shape index (κ3) is 4.19. The van der Waals surface area contributed by atoms with Gasteiger partial charge in [0.2, 0.25) is 5.78 Å². The number of carbonyl (C=O) groups is 2. The molecule has 29 heavy (non-hydrogen) atoms. The van der Waals surface area contributed by atoms with Gasteiger partial charge in [-0.3, -0.25) is 9.59 Å². The van der Waals surface area contributed by atoms with Crippen LogP contribution in [0.1, 0.15) is 21.5 Å². The van der Waals surface area contributed by atoms with Crippen molar-refractivity contribution >= 4 is 17.8 Å². The topological polar surface area (TPSA) is 61.8 Å². The fourth-order valence-corrected chi connectivity index (χ4v) is 3.04.